The third-order valence-corrected chi connectivity index (χ3v) is 12.7. The van der Waals surface area contributed by atoms with Crippen LogP contribution in [0, 0.1) is 17.6 Å². The van der Waals surface area contributed by atoms with Crippen LogP contribution in [-0.2, 0) is 17.4 Å². The standard InChI is InChI=1S/C45H48ClF2N7O6/c1-26-36-34(24-31(47)39(46)38(36)37-29(42(49)58)13-14-33(40(37)48)60-23-22-56)61-45(26,28-9-4-3-5-10-28)25-50-18-7-8-27-15-19-54(20-16-27)32-12-6-11-30-41(32)53(2)52-43(30)55-21-17-35(57)51-44(55)59/h3-6,9-14,24,26-27,50,56H,7-8,15-23,25H2,1-2H3,(H2,49,58)(H,51,57,59). The number of urea groups is 1. The first-order chi connectivity index (χ1) is 29.4. The molecule has 0 spiro atoms. The normalized spacial score (nSPS) is 19.3. The summed E-state index contributed by atoms with van der Waals surface area (Å²) >= 11 is 6.68. The number of nitrogens with two attached hydrogens (primary N) is 1. The van der Waals surface area contributed by atoms with E-state index in [1.807, 2.05) is 61.1 Å². The zero-order valence-corrected chi connectivity index (χ0v) is 34.7. The first-order valence-corrected chi connectivity index (χ1v) is 21.0. The van der Waals surface area contributed by atoms with Crippen LogP contribution in [0.5, 0.6) is 11.5 Å². The number of aliphatic hydroxyl groups excluding tert-OH is 1. The first kappa shape index (κ1) is 41.9. The number of halogens is 3. The van der Waals surface area contributed by atoms with Gasteiger partial charge in [0, 0.05) is 73.7 Å². The molecule has 1 aromatic heterocycles. The summed E-state index contributed by atoms with van der Waals surface area (Å²) in [5, 5.41) is 20.5. The number of aliphatic hydroxyl groups is 1. The van der Waals surface area contributed by atoms with Crippen molar-refractivity contribution in [3.8, 4) is 22.6 Å². The Bertz CT molecular complexity index is 2500. The molecule has 2 atom stereocenters. The van der Waals surface area contributed by atoms with Gasteiger partial charge in [-0.25, -0.2) is 13.6 Å². The van der Waals surface area contributed by atoms with Crippen molar-refractivity contribution >= 4 is 51.9 Å². The molecule has 3 aliphatic heterocycles. The molecule has 2 unspecified atom stereocenters. The lowest BCUT2D eigenvalue weighted by atomic mass is 9.77. The number of fused-ring (bicyclic) bond motifs is 2. The Labute approximate surface area is 356 Å². The summed E-state index contributed by atoms with van der Waals surface area (Å²) in [6.07, 6.45) is 4.14. The van der Waals surface area contributed by atoms with Crippen molar-refractivity contribution in [3.05, 3.63) is 100 Å². The zero-order chi connectivity index (χ0) is 43.0. The fourth-order valence-electron chi connectivity index (χ4n) is 9.26. The van der Waals surface area contributed by atoms with Crippen molar-refractivity contribution in [2.45, 2.75) is 50.5 Å². The van der Waals surface area contributed by atoms with Gasteiger partial charge in [-0.3, -0.25) is 24.5 Å². The second kappa shape index (κ2) is 17.3. The van der Waals surface area contributed by atoms with Gasteiger partial charge in [0.15, 0.2) is 23.0 Å². The quantitative estimate of drug-likeness (QED) is 0.0884. The van der Waals surface area contributed by atoms with E-state index < -0.39 is 35.1 Å². The average molecular weight is 856 g/mol. The summed E-state index contributed by atoms with van der Waals surface area (Å²) in [4.78, 5) is 41.0. The van der Waals surface area contributed by atoms with Crippen LogP contribution in [0.4, 0.5) is 25.1 Å². The van der Waals surface area contributed by atoms with Crippen LogP contribution in [-0.4, -0.2) is 78.7 Å². The Kier molecular flexibility index (Phi) is 11.9. The predicted molar refractivity (Wildman–Crippen MR) is 228 cm³/mol. The van der Waals surface area contributed by atoms with Crippen molar-refractivity contribution in [2.75, 3.05) is 55.7 Å². The highest BCUT2D eigenvalue weighted by atomic mass is 35.5. The smallest absolute Gasteiger partial charge is 0.329 e. The molecule has 4 aromatic carbocycles. The van der Waals surface area contributed by atoms with E-state index in [-0.39, 0.29) is 65.3 Å². The molecule has 16 heteroatoms. The lowest BCUT2D eigenvalue weighted by molar-refractivity contribution is -0.120. The largest absolute Gasteiger partial charge is 0.488 e. The van der Waals surface area contributed by atoms with Gasteiger partial charge in [-0.1, -0.05) is 54.9 Å². The fourth-order valence-corrected chi connectivity index (χ4v) is 9.51. The van der Waals surface area contributed by atoms with E-state index >= 15 is 8.78 Å². The van der Waals surface area contributed by atoms with Crippen molar-refractivity contribution in [1.29, 1.82) is 0 Å². The van der Waals surface area contributed by atoms with E-state index in [4.69, 9.17) is 31.9 Å². The Morgan fingerprint density at radius 1 is 1.08 bits per heavy atom. The summed E-state index contributed by atoms with van der Waals surface area (Å²) in [5.41, 5.74) is 7.38. The number of amides is 4. The molecule has 0 saturated carbocycles. The lowest BCUT2D eigenvalue weighted by Crippen LogP contribution is -2.49. The summed E-state index contributed by atoms with van der Waals surface area (Å²) in [6, 6.07) is 18.9. The minimum Gasteiger partial charge on any atom is -0.488 e. The van der Waals surface area contributed by atoms with Crippen molar-refractivity contribution in [3.63, 3.8) is 0 Å². The average Bonchev–Trinajstić information content (AvgIpc) is 3.74. The fraction of sp³-hybridized carbons (Fsp3) is 0.378. The number of para-hydroxylation sites is 1. The third kappa shape index (κ3) is 7.74. The summed E-state index contributed by atoms with van der Waals surface area (Å²) in [6.45, 7) is 4.37. The molecule has 4 amide bonds. The van der Waals surface area contributed by atoms with E-state index in [0.29, 0.717) is 30.4 Å². The van der Waals surface area contributed by atoms with Crippen LogP contribution in [0.2, 0.25) is 5.02 Å². The number of primary amides is 1. The van der Waals surface area contributed by atoms with Gasteiger partial charge < -0.3 is 30.5 Å². The van der Waals surface area contributed by atoms with E-state index in [1.165, 1.54) is 23.1 Å². The number of benzene rings is 4. The summed E-state index contributed by atoms with van der Waals surface area (Å²) < 4.78 is 46.1. The second-order valence-electron chi connectivity index (χ2n) is 15.9. The molecule has 320 valence electrons. The van der Waals surface area contributed by atoms with Gasteiger partial charge in [0.1, 0.15) is 18.2 Å². The number of anilines is 2. The second-order valence-corrected chi connectivity index (χ2v) is 16.3. The predicted octanol–water partition coefficient (Wildman–Crippen LogP) is 6.77. The number of hydrogen-bond acceptors (Lipinski definition) is 9. The maximum atomic E-state index is 16.4. The van der Waals surface area contributed by atoms with Crippen LogP contribution in [0.3, 0.4) is 0 Å². The number of nitrogens with zero attached hydrogens (tertiary/aromatic N) is 4. The van der Waals surface area contributed by atoms with E-state index in [0.717, 1.165) is 60.9 Å². The highest BCUT2D eigenvalue weighted by Crippen LogP contribution is 2.56. The van der Waals surface area contributed by atoms with E-state index in [2.05, 4.69) is 21.6 Å². The van der Waals surface area contributed by atoms with Gasteiger partial charge in [0.05, 0.1) is 28.4 Å². The molecule has 2 saturated heterocycles. The highest BCUT2D eigenvalue weighted by molar-refractivity contribution is 6.34. The summed E-state index contributed by atoms with van der Waals surface area (Å²) in [7, 11) is 1.88. The molecule has 5 N–H and O–H groups in total. The van der Waals surface area contributed by atoms with Crippen LogP contribution in [0.1, 0.15) is 66.4 Å². The molecule has 4 heterocycles. The maximum Gasteiger partial charge on any atom is 0.329 e. The van der Waals surface area contributed by atoms with Crippen LogP contribution in [0.25, 0.3) is 22.0 Å². The van der Waals surface area contributed by atoms with Gasteiger partial charge in [-0.2, -0.15) is 5.10 Å². The topological polar surface area (TPSA) is 164 Å². The molecule has 0 bridgehead atoms. The molecule has 3 aliphatic rings. The van der Waals surface area contributed by atoms with Crippen molar-refractivity contribution < 1.29 is 37.7 Å². The van der Waals surface area contributed by atoms with Gasteiger partial charge in [-0.05, 0) is 68.0 Å². The number of nitrogens with one attached hydrogen (secondary N) is 2. The van der Waals surface area contributed by atoms with Crippen LogP contribution < -0.4 is 35.6 Å². The number of imide groups is 1. The first-order valence-electron chi connectivity index (χ1n) is 20.6. The number of piperidine rings is 1. The number of carbonyl (C=O) groups is 3. The van der Waals surface area contributed by atoms with E-state index in [9.17, 15) is 19.5 Å². The lowest BCUT2D eigenvalue weighted by Gasteiger charge is -2.35. The molecule has 5 aromatic rings. The maximum absolute atomic E-state index is 16.4. The van der Waals surface area contributed by atoms with Gasteiger partial charge >= 0.3 is 6.03 Å². The van der Waals surface area contributed by atoms with Crippen LogP contribution in [0.15, 0.2) is 66.7 Å². The number of hydrogen-bond donors (Lipinski definition) is 4. The SMILES string of the molecule is CC1c2c(cc(F)c(Cl)c2-c2c(C(N)=O)ccc(OCCO)c2F)OC1(CNCCCC1CCN(c2cccc3c(N4CCC(=O)NC4=O)nn(C)c23)CC1)c1ccccc1. The van der Waals surface area contributed by atoms with Crippen molar-refractivity contribution in [2.24, 2.45) is 18.7 Å². The number of carbonyl (C=O) groups excluding carboxylic acids is 3. The molecule has 0 radical (unpaired) electrons. The zero-order valence-electron chi connectivity index (χ0n) is 34.0. The van der Waals surface area contributed by atoms with Crippen LogP contribution >= 0.6 is 11.6 Å². The minimum absolute atomic E-state index is 0.0405. The molecule has 2 fully saturated rings. The minimum atomic E-state index is -1.06. The number of ether oxygens (including phenoxy) is 2. The molecule has 0 aliphatic carbocycles. The monoisotopic (exact) mass is 855 g/mol. The Morgan fingerprint density at radius 3 is 2.57 bits per heavy atom. The number of aryl methyl sites for hydroxylation is 1. The van der Waals surface area contributed by atoms with Gasteiger partial charge in [0.25, 0.3) is 0 Å². The van der Waals surface area contributed by atoms with Gasteiger partial charge in [0.2, 0.25) is 11.8 Å². The molecular weight excluding hydrogens is 808 g/mol. The Hall–Kier alpha value is -5.77. The third-order valence-electron chi connectivity index (χ3n) is 12.3. The number of aromatic nitrogens is 2. The molecular formula is C45H48ClF2N7O6. The molecule has 61 heavy (non-hydrogen) atoms. The van der Waals surface area contributed by atoms with Crippen molar-refractivity contribution in [1.82, 2.24) is 20.4 Å². The Balaban J connectivity index is 0.960. The Morgan fingerprint density at radius 2 is 1.85 bits per heavy atom. The summed E-state index contributed by atoms with van der Waals surface area (Å²) in [5.74, 6) is -2.57. The molecule has 8 rings (SSSR count). The highest BCUT2D eigenvalue weighted by Gasteiger charge is 2.50. The molecule has 13 nitrogen and oxygen atoms in total. The van der Waals surface area contributed by atoms with Gasteiger partial charge in [-0.15, -0.1) is 0 Å². The van der Waals surface area contributed by atoms with E-state index in [1.54, 1.807) is 0 Å². The number of rotatable bonds is 14.